The molecule has 5 nitrogen and oxygen atoms in total. The van der Waals surface area contributed by atoms with Crippen LogP contribution in [0.5, 0.6) is 11.5 Å². The standard InChI is InChI=1S/C22H28N2O3/c1-26-19-8-5-7-18(16-19)21-10-2-3-12-24(21)22(25)15-17-6-4-9-20(14-17)27-13-11-23/h4-9,14,16,21H,2-3,10-13,15,23H2,1H3. The predicted molar refractivity (Wildman–Crippen MR) is 106 cm³/mol. The van der Waals surface area contributed by atoms with Crippen molar-refractivity contribution in [3.63, 3.8) is 0 Å². The van der Waals surface area contributed by atoms with E-state index in [4.69, 9.17) is 15.2 Å². The van der Waals surface area contributed by atoms with Crippen LogP contribution in [0.1, 0.15) is 36.4 Å². The van der Waals surface area contributed by atoms with Gasteiger partial charge in [-0.3, -0.25) is 4.79 Å². The number of rotatable bonds is 7. The fourth-order valence-electron chi connectivity index (χ4n) is 3.62. The highest BCUT2D eigenvalue weighted by Gasteiger charge is 2.28. The summed E-state index contributed by atoms with van der Waals surface area (Å²) in [5.74, 6) is 1.74. The SMILES string of the molecule is COc1cccc(C2CCCCN2C(=O)Cc2cccc(OCCN)c2)c1. The third-order valence-corrected chi connectivity index (χ3v) is 4.94. The van der Waals surface area contributed by atoms with Crippen molar-refractivity contribution in [2.24, 2.45) is 5.73 Å². The number of carbonyl (C=O) groups excluding carboxylic acids is 1. The van der Waals surface area contributed by atoms with E-state index in [0.29, 0.717) is 19.6 Å². The zero-order valence-electron chi connectivity index (χ0n) is 15.9. The molecule has 2 N–H and O–H groups in total. The fourth-order valence-corrected chi connectivity index (χ4v) is 3.62. The second kappa shape index (κ2) is 9.42. The molecule has 0 aliphatic carbocycles. The molecule has 1 heterocycles. The average molecular weight is 368 g/mol. The number of hydrogen-bond donors (Lipinski definition) is 1. The van der Waals surface area contributed by atoms with Gasteiger partial charge < -0.3 is 20.1 Å². The predicted octanol–water partition coefficient (Wildman–Crippen LogP) is 3.33. The first-order chi connectivity index (χ1) is 13.2. The van der Waals surface area contributed by atoms with Gasteiger partial charge in [-0.05, 0) is 54.7 Å². The second-order valence-corrected chi connectivity index (χ2v) is 6.84. The molecule has 0 aromatic heterocycles. The molecule has 0 bridgehead atoms. The Labute approximate surface area is 161 Å². The van der Waals surface area contributed by atoms with Crippen molar-refractivity contribution in [1.29, 1.82) is 0 Å². The Bertz CT molecular complexity index is 763. The number of hydrogen-bond acceptors (Lipinski definition) is 4. The maximum atomic E-state index is 13.1. The smallest absolute Gasteiger partial charge is 0.227 e. The van der Waals surface area contributed by atoms with Crippen LogP contribution in [-0.4, -0.2) is 37.6 Å². The minimum atomic E-state index is 0.109. The van der Waals surface area contributed by atoms with Crippen LogP contribution < -0.4 is 15.2 Å². The number of benzene rings is 2. The maximum absolute atomic E-state index is 13.1. The number of nitrogens with two attached hydrogens (primary N) is 1. The van der Waals surface area contributed by atoms with Crippen molar-refractivity contribution in [3.05, 3.63) is 59.7 Å². The van der Waals surface area contributed by atoms with Gasteiger partial charge in [-0.15, -0.1) is 0 Å². The first-order valence-electron chi connectivity index (χ1n) is 9.56. The number of likely N-dealkylation sites (tertiary alicyclic amines) is 1. The molecular weight excluding hydrogens is 340 g/mol. The lowest BCUT2D eigenvalue weighted by molar-refractivity contribution is -0.134. The highest BCUT2D eigenvalue weighted by Crippen LogP contribution is 2.33. The first kappa shape index (κ1) is 19.2. The van der Waals surface area contributed by atoms with Crippen LogP contribution in [0.15, 0.2) is 48.5 Å². The van der Waals surface area contributed by atoms with Gasteiger partial charge in [0, 0.05) is 13.1 Å². The molecule has 144 valence electrons. The number of ether oxygens (including phenoxy) is 2. The minimum absolute atomic E-state index is 0.109. The maximum Gasteiger partial charge on any atom is 0.227 e. The quantitative estimate of drug-likeness (QED) is 0.814. The summed E-state index contributed by atoms with van der Waals surface area (Å²) in [6.45, 7) is 1.74. The molecule has 1 atom stereocenters. The van der Waals surface area contributed by atoms with Crippen molar-refractivity contribution in [1.82, 2.24) is 4.90 Å². The summed E-state index contributed by atoms with van der Waals surface area (Å²) < 4.78 is 10.9. The molecule has 1 saturated heterocycles. The lowest BCUT2D eigenvalue weighted by Crippen LogP contribution is -2.39. The molecule has 5 heteroatoms. The highest BCUT2D eigenvalue weighted by molar-refractivity contribution is 5.79. The van der Waals surface area contributed by atoms with Gasteiger partial charge in [-0.2, -0.15) is 0 Å². The number of amides is 1. The number of methoxy groups -OCH3 is 1. The third-order valence-electron chi connectivity index (χ3n) is 4.94. The largest absolute Gasteiger partial charge is 0.497 e. The van der Waals surface area contributed by atoms with Crippen LogP contribution in [0, 0.1) is 0 Å². The Kier molecular flexibility index (Phi) is 6.71. The number of piperidine rings is 1. The summed E-state index contributed by atoms with van der Waals surface area (Å²) in [6, 6.07) is 15.9. The summed E-state index contributed by atoms with van der Waals surface area (Å²) in [5, 5.41) is 0. The van der Waals surface area contributed by atoms with Gasteiger partial charge in [0.1, 0.15) is 18.1 Å². The van der Waals surface area contributed by atoms with E-state index in [2.05, 4.69) is 6.07 Å². The molecule has 0 spiro atoms. The molecule has 1 fully saturated rings. The Hall–Kier alpha value is -2.53. The highest BCUT2D eigenvalue weighted by atomic mass is 16.5. The molecule has 1 aliphatic rings. The van der Waals surface area contributed by atoms with Gasteiger partial charge in [0.05, 0.1) is 19.6 Å². The van der Waals surface area contributed by atoms with E-state index in [1.54, 1.807) is 7.11 Å². The van der Waals surface area contributed by atoms with E-state index in [-0.39, 0.29) is 11.9 Å². The van der Waals surface area contributed by atoms with Crippen LogP contribution in [0.2, 0.25) is 0 Å². The van der Waals surface area contributed by atoms with E-state index in [0.717, 1.165) is 48.4 Å². The normalized spacial score (nSPS) is 16.8. The summed E-state index contributed by atoms with van der Waals surface area (Å²) in [6.07, 6.45) is 3.54. The number of nitrogens with zero attached hydrogens (tertiary/aromatic N) is 1. The average Bonchev–Trinajstić information content (AvgIpc) is 2.72. The summed E-state index contributed by atoms with van der Waals surface area (Å²) in [7, 11) is 1.67. The van der Waals surface area contributed by atoms with Crippen molar-refractivity contribution in [3.8, 4) is 11.5 Å². The Morgan fingerprint density at radius 3 is 2.78 bits per heavy atom. The van der Waals surface area contributed by atoms with Crippen LogP contribution in [0.25, 0.3) is 0 Å². The molecule has 3 rings (SSSR count). The second-order valence-electron chi connectivity index (χ2n) is 6.84. The molecule has 1 amide bonds. The van der Waals surface area contributed by atoms with E-state index in [1.165, 1.54) is 0 Å². The molecule has 1 unspecified atom stereocenters. The molecule has 2 aromatic carbocycles. The summed E-state index contributed by atoms with van der Waals surface area (Å²) in [4.78, 5) is 15.1. The monoisotopic (exact) mass is 368 g/mol. The topological polar surface area (TPSA) is 64.8 Å². The van der Waals surface area contributed by atoms with Gasteiger partial charge in [0.15, 0.2) is 0 Å². The van der Waals surface area contributed by atoms with E-state index in [1.807, 2.05) is 47.4 Å². The Balaban J connectivity index is 1.73. The molecule has 1 aliphatic heterocycles. The molecule has 0 radical (unpaired) electrons. The number of carbonyl (C=O) groups is 1. The van der Waals surface area contributed by atoms with Crippen LogP contribution in [0.3, 0.4) is 0 Å². The van der Waals surface area contributed by atoms with Gasteiger partial charge >= 0.3 is 0 Å². The third kappa shape index (κ3) is 5.01. The zero-order valence-corrected chi connectivity index (χ0v) is 15.9. The lowest BCUT2D eigenvalue weighted by atomic mass is 9.94. The van der Waals surface area contributed by atoms with Crippen molar-refractivity contribution in [2.75, 3.05) is 26.8 Å². The van der Waals surface area contributed by atoms with Crippen molar-refractivity contribution in [2.45, 2.75) is 31.7 Å². The molecule has 2 aromatic rings. The Morgan fingerprint density at radius 2 is 1.96 bits per heavy atom. The minimum Gasteiger partial charge on any atom is -0.497 e. The van der Waals surface area contributed by atoms with Gasteiger partial charge in [0.25, 0.3) is 0 Å². The zero-order chi connectivity index (χ0) is 19.1. The fraction of sp³-hybridized carbons (Fsp3) is 0.409. The van der Waals surface area contributed by atoms with E-state index in [9.17, 15) is 4.79 Å². The van der Waals surface area contributed by atoms with Gasteiger partial charge in [-0.25, -0.2) is 0 Å². The molecule has 27 heavy (non-hydrogen) atoms. The van der Waals surface area contributed by atoms with E-state index < -0.39 is 0 Å². The molecule has 0 saturated carbocycles. The van der Waals surface area contributed by atoms with Gasteiger partial charge in [0.2, 0.25) is 5.91 Å². The Morgan fingerprint density at radius 1 is 1.15 bits per heavy atom. The van der Waals surface area contributed by atoms with Crippen molar-refractivity contribution < 1.29 is 14.3 Å². The van der Waals surface area contributed by atoms with Crippen LogP contribution >= 0.6 is 0 Å². The summed E-state index contributed by atoms with van der Waals surface area (Å²) >= 11 is 0. The van der Waals surface area contributed by atoms with E-state index >= 15 is 0 Å². The molecular formula is C22H28N2O3. The van der Waals surface area contributed by atoms with Crippen molar-refractivity contribution >= 4 is 5.91 Å². The first-order valence-corrected chi connectivity index (χ1v) is 9.56. The summed E-state index contributed by atoms with van der Waals surface area (Å²) in [5.41, 5.74) is 7.59. The van der Waals surface area contributed by atoms with Gasteiger partial charge in [-0.1, -0.05) is 24.3 Å². The lowest BCUT2D eigenvalue weighted by Gasteiger charge is -2.36. The van der Waals surface area contributed by atoms with Crippen LogP contribution in [-0.2, 0) is 11.2 Å². The van der Waals surface area contributed by atoms with Crippen LogP contribution in [0.4, 0.5) is 0 Å².